The van der Waals surface area contributed by atoms with Gasteiger partial charge in [-0.2, -0.15) is 0 Å². The van der Waals surface area contributed by atoms with Gasteiger partial charge in [-0.1, -0.05) is 26.0 Å². The van der Waals surface area contributed by atoms with E-state index >= 15 is 0 Å². The molecule has 0 aliphatic carbocycles. The summed E-state index contributed by atoms with van der Waals surface area (Å²) in [6.07, 6.45) is 1.37. The van der Waals surface area contributed by atoms with E-state index in [1.54, 1.807) is 0 Å². The van der Waals surface area contributed by atoms with Gasteiger partial charge in [0.2, 0.25) is 0 Å². The highest BCUT2D eigenvalue weighted by Crippen LogP contribution is 2.24. The standard InChI is InChI=1S/C15H23NO/c1-11(2)12-5-7-13(8-6-12)17-14-9-15(3,4)16-10-14/h5-8,11,14,16H,9-10H2,1-4H3. The summed E-state index contributed by atoms with van der Waals surface area (Å²) in [5.41, 5.74) is 1.57. The first-order valence-electron chi connectivity index (χ1n) is 6.48. The minimum Gasteiger partial charge on any atom is -0.489 e. The molecule has 1 N–H and O–H groups in total. The molecule has 17 heavy (non-hydrogen) atoms. The van der Waals surface area contributed by atoms with Crippen molar-refractivity contribution in [1.82, 2.24) is 5.32 Å². The van der Waals surface area contributed by atoms with E-state index in [0.717, 1.165) is 18.7 Å². The fourth-order valence-corrected chi connectivity index (χ4v) is 2.31. The molecular formula is C15H23NO. The highest BCUT2D eigenvalue weighted by molar-refractivity contribution is 5.29. The van der Waals surface area contributed by atoms with Crippen molar-refractivity contribution < 1.29 is 4.74 Å². The third-order valence-electron chi connectivity index (χ3n) is 3.40. The summed E-state index contributed by atoms with van der Waals surface area (Å²) < 4.78 is 5.98. The Labute approximate surface area is 104 Å². The van der Waals surface area contributed by atoms with E-state index in [2.05, 4.69) is 57.3 Å². The van der Waals surface area contributed by atoms with Crippen molar-refractivity contribution in [3.05, 3.63) is 29.8 Å². The molecule has 0 amide bonds. The second kappa shape index (κ2) is 4.69. The van der Waals surface area contributed by atoms with Crippen molar-refractivity contribution in [2.45, 2.75) is 51.7 Å². The van der Waals surface area contributed by atoms with E-state index in [9.17, 15) is 0 Å². The highest BCUT2D eigenvalue weighted by atomic mass is 16.5. The lowest BCUT2D eigenvalue weighted by molar-refractivity contribution is 0.214. The summed E-state index contributed by atoms with van der Waals surface area (Å²) in [5, 5.41) is 3.47. The minimum atomic E-state index is 0.211. The predicted molar refractivity (Wildman–Crippen MR) is 71.6 cm³/mol. The minimum absolute atomic E-state index is 0.211. The molecule has 0 spiro atoms. The zero-order valence-corrected chi connectivity index (χ0v) is 11.3. The van der Waals surface area contributed by atoms with Gasteiger partial charge >= 0.3 is 0 Å². The summed E-state index contributed by atoms with van der Waals surface area (Å²) in [7, 11) is 0. The number of benzene rings is 1. The van der Waals surface area contributed by atoms with Gasteiger partial charge in [-0.25, -0.2) is 0 Å². The Morgan fingerprint density at radius 3 is 2.35 bits per heavy atom. The van der Waals surface area contributed by atoms with Gasteiger partial charge in [0.1, 0.15) is 11.9 Å². The molecule has 0 radical (unpaired) electrons. The van der Waals surface area contributed by atoms with Crippen LogP contribution in [0.25, 0.3) is 0 Å². The number of rotatable bonds is 3. The maximum atomic E-state index is 5.98. The monoisotopic (exact) mass is 233 g/mol. The number of hydrogen-bond donors (Lipinski definition) is 1. The maximum absolute atomic E-state index is 5.98. The van der Waals surface area contributed by atoms with Crippen LogP contribution in [0.4, 0.5) is 0 Å². The van der Waals surface area contributed by atoms with Crippen LogP contribution in [0.2, 0.25) is 0 Å². The van der Waals surface area contributed by atoms with Crippen molar-refractivity contribution in [3.8, 4) is 5.75 Å². The van der Waals surface area contributed by atoms with Crippen LogP contribution >= 0.6 is 0 Å². The van der Waals surface area contributed by atoms with E-state index in [1.165, 1.54) is 5.56 Å². The van der Waals surface area contributed by atoms with Crippen LogP contribution in [0, 0.1) is 0 Å². The molecule has 2 heteroatoms. The summed E-state index contributed by atoms with van der Waals surface area (Å²) >= 11 is 0. The van der Waals surface area contributed by atoms with Gasteiger partial charge in [0.05, 0.1) is 0 Å². The van der Waals surface area contributed by atoms with Crippen LogP contribution in [0.3, 0.4) is 0 Å². The molecule has 94 valence electrons. The fraction of sp³-hybridized carbons (Fsp3) is 0.600. The Morgan fingerprint density at radius 1 is 1.24 bits per heavy atom. The quantitative estimate of drug-likeness (QED) is 0.864. The van der Waals surface area contributed by atoms with E-state index in [0.29, 0.717) is 12.0 Å². The maximum Gasteiger partial charge on any atom is 0.119 e. The van der Waals surface area contributed by atoms with Crippen molar-refractivity contribution >= 4 is 0 Å². The van der Waals surface area contributed by atoms with Gasteiger partial charge in [0.15, 0.2) is 0 Å². The molecule has 1 aromatic rings. The predicted octanol–water partition coefficient (Wildman–Crippen LogP) is 3.33. The zero-order chi connectivity index (χ0) is 12.5. The van der Waals surface area contributed by atoms with Gasteiger partial charge in [-0.15, -0.1) is 0 Å². The molecule has 1 saturated heterocycles. The molecular weight excluding hydrogens is 210 g/mol. The lowest BCUT2D eigenvalue weighted by Crippen LogP contribution is -2.31. The van der Waals surface area contributed by atoms with E-state index < -0.39 is 0 Å². The van der Waals surface area contributed by atoms with Crippen LogP contribution in [0.15, 0.2) is 24.3 Å². The molecule has 1 aromatic carbocycles. The molecule has 1 aliphatic rings. The topological polar surface area (TPSA) is 21.3 Å². The number of nitrogens with one attached hydrogen (secondary N) is 1. The second-order valence-electron chi connectivity index (χ2n) is 5.93. The Hall–Kier alpha value is -1.02. The summed E-state index contributed by atoms with van der Waals surface area (Å²) in [5.74, 6) is 1.56. The third-order valence-corrected chi connectivity index (χ3v) is 3.40. The summed E-state index contributed by atoms with van der Waals surface area (Å²) in [6.45, 7) is 9.80. The van der Waals surface area contributed by atoms with Crippen LogP contribution in [0.1, 0.15) is 45.6 Å². The molecule has 0 aromatic heterocycles. The van der Waals surface area contributed by atoms with Crippen molar-refractivity contribution in [2.75, 3.05) is 6.54 Å². The Bertz CT molecular complexity index is 367. The molecule has 2 nitrogen and oxygen atoms in total. The Kier molecular flexibility index (Phi) is 3.43. The number of hydrogen-bond acceptors (Lipinski definition) is 2. The van der Waals surface area contributed by atoms with E-state index in [1.807, 2.05) is 0 Å². The van der Waals surface area contributed by atoms with Gasteiger partial charge in [0.25, 0.3) is 0 Å². The lowest BCUT2D eigenvalue weighted by Gasteiger charge is -2.17. The average molecular weight is 233 g/mol. The van der Waals surface area contributed by atoms with Gasteiger partial charge in [-0.05, 0) is 37.5 Å². The lowest BCUT2D eigenvalue weighted by atomic mass is 10.0. The van der Waals surface area contributed by atoms with Crippen molar-refractivity contribution in [3.63, 3.8) is 0 Å². The Balaban J connectivity index is 1.96. The molecule has 0 saturated carbocycles. The largest absolute Gasteiger partial charge is 0.489 e. The van der Waals surface area contributed by atoms with Gasteiger partial charge in [-0.3, -0.25) is 0 Å². The average Bonchev–Trinajstić information content (AvgIpc) is 2.59. The molecule has 1 unspecified atom stereocenters. The smallest absolute Gasteiger partial charge is 0.119 e. The summed E-state index contributed by atoms with van der Waals surface area (Å²) in [4.78, 5) is 0. The molecule has 0 bridgehead atoms. The van der Waals surface area contributed by atoms with Crippen molar-refractivity contribution in [2.24, 2.45) is 0 Å². The van der Waals surface area contributed by atoms with Crippen LogP contribution < -0.4 is 10.1 Å². The zero-order valence-electron chi connectivity index (χ0n) is 11.3. The molecule has 2 rings (SSSR count). The van der Waals surface area contributed by atoms with Crippen molar-refractivity contribution in [1.29, 1.82) is 0 Å². The van der Waals surface area contributed by atoms with Gasteiger partial charge in [0, 0.05) is 18.5 Å². The SMILES string of the molecule is CC(C)c1ccc(OC2CNC(C)(C)C2)cc1. The first-order valence-corrected chi connectivity index (χ1v) is 6.48. The molecule has 1 fully saturated rings. The first kappa shape index (κ1) is 12.4. The fourth-order valence-electron chi connectivity index (χ4n) is 2.31. The molecule has 1 aliphatic heterocycles. The van der Waals surface area contributed by atoms with E-state index in [4.69, 9.17) is 4.74 Å². The second-order valence-corrected chi connectivity index (χ2v) is 5.93. The molecule has 1 atom stereocenters. The Morgan fingerprint density at radius 2 is 1.88 bits per heavy atom. The highest BCUT2D eigenvalue weighted by Gasteiger charge is 2.31. The van der Waals surface area contributed by atoms with Crippen LogP contribution in [-0.2, 0) is 0 Å². The van der Waals surface area contributed by atoms with Gasteiger partial charge < -0.3 is 10.1 Å². The number of ether oxygens (including phenoxy) is 1. The molecule has 1 heterocycles. The van der Waals surface area contributed by atoms with Crippen LogP contribution in [-0.4, -0.2) is 18.2 Å². The normalized spacial score (nSPS) is 23.0. The van der Waals surface area contributed by atoms with E-state index in [-0.39, 0.29) is 5.54 Å². The first-order chi connectivity index (χ1) is 7.96. The van der Waals surface area contributed by atoms with Crippen LogP contribution in [0.5, 0.6) is 5.75 Å². The third kappa shape index (κ3) is 3.22. The summed E-state index contributed by atoms with van der Waals surface area (Å²) in [6, 6.07) is 8.49.